The van der Waals surface area contributed by atoms with Crippen molar-refractivity contribution in [3.05, 3.63) is 41.0 Å². The number of rotatable bonds is 0. The van der Waals surface area contributed by atoms with Crippen LogP contribution in [0.1, 0.15) is 24.0 Å². The van der Waals surface area contributed by atoms with Crippen molar-refractivity contribution in [3.63, 3.8) is 0 Å². The quantitative estimate of drug-likeness (QED) is 0.596. The van der Waals surface area contributed by atoms with Crippen molar-refractivity contribution >= 4 is 5.57 Å². The Morgan fingerprint density at radius 1 is 1.07 bits per heavy atom. The first-order chi connectivity index (χ1) is 7.36. The molecule has 0 radical (unpaired) electrons. The second kappa shape index (κ2) is 3.98. The normalized spacial score (nSPS) is 13.6. The minimum absolute atomic E-state index is 0.266. The van der Waals surface area contributed by atoms with Crippen molar-refractivity contribution in [2.45, 2.75) is 19.3 Å². The lowest BCUT2D eigenvalue weighted by molar-refractivity contribution is 0.821. The summed E-state index contributed by atoms with van der Waals surface area (Å²) in [5.41, 5.74) is 3.52. The highest BCUT2D eigenvalue weighted by atomic mass is 14.3. The number of nitriles is 2. The van der Waals surface area contributed by atoms with E-state index in [0.717, 1.165) is 30.4 Å². The van der Waals surface area contributed by atoms with Gasteiger partial charge in [0.1, 0.15) is 17.7 Å². The number of allylic oxidation sites excluding steroid dienone is 2. The molecule has 2 rings (SSSR count). The van der Waals surface area contributed by atoms with E-state index in [1.54, 1.807) is 0 Å². The minimum Gasteiger partial charge on any atom is -0.192 e. The number of fused-ring (bicyclic) bond motifs is 1. The van der Waals surface area contributed by atoms with E-state index >= 15 is 0 Å². The maximum absolute atomic E-state index is 8.87. The highest BCUT2D eigenvalue weighted by molar-refractivity contribution is 5.78. The highest BCUT2D eigenvalue weighted by Gasteiger charge is 2.16. The van der Waals surface area contributed by atoms with E-state index in [4.69, 9.17) is 10.5 Å². The van der Waals surface area contributed by atoms with Crippen LogP contribution in [0.3, 0.4) is 0 Å². The van der Waals surface area contributed by atoms with E-state index in [9.17, 15) is 0 Å². The van der Waals surface area contributed by atoms with Gasteiger partial charge in [-0.05, 0) is 36.0 Å². The van der Waals surface area contributed by atoms with Gasteiger partial charge in [-0.1, -0.05) is 24.3 Å². The lowest BCUT2D eigenvalue weighted by Gasteiger charge is -2.18. The zero-order valence-electron chi connectivity index (χ0n) is 8.33. The summed E-state index contributed by atoms with van der Waals surface area (Å²) in [7, 11) is 0. The summed E-state index contributed by atoms with van der Waals surface area (Å²) in [6.07, 6.45) is 2.91. The number of nitrogens with zero attached hydrogens (tertiary/aromatic N) is 2. The predicted octanol–water partition coefficient (Wildman–Crippen LogP) is 2.82. The molecule has 0 unspecified atom stereocenters. The molecule has 0 spiro atoms. The lowest BCUT2D eigenvalue weighted by atomic mass is 9.85. The molecule has 0 fully saturated rings. The number of hydrogen-bond donors (Lipinski definition) is 0. The molecule has 1 aliphatic carbocycles. The SMILES string of the molecule is N#CC(C#N)=C1CCCc2ccccc21. The fourth-order valence-corrected chi connectivity index (χ4v) is 2.04. The Morgan fingerprint density at radius 2 is 1.80 bits per heavy atom. The third-order valence-electron chi connectivity index (χ3n) is 2.74. The Balaban J connectivity index is 2.62. The van der Waals surface area contributed by atoms with Crippen molar-refractivity contribution in [1.29, 1.82) is 10.5 Å². The first-order valence-electron chi connectivity index (χ1n) is 4.98. The van der Waals surface area contributed by atoms with E-state index in [0.29, 0.717) is 0 Å². The summed E-state index contributed by atoms with van der Waals surface area (Å²) >= 11 is 0. The zero-order valence-corrected chi connectivity index (χ0v) is 8.33. The fraction of sp³-hybridized carbons (Fsp3) is 0.231. The van der Waals surface area contributed by atoms with Crippen molar-refractivity contribution in [2.75, 3.05) is 0 Å². The van der Waals surface area contributed by atoms with Gasteiger partial charge in [0.2, 0.25) is 0 Å². The summed E-state index contributed by atoms with van der Waals surface area (Å²) in [6.45, 7) is 0. The van der Waals surface area contributed by atoms with E-state index in [2.05, 4.69) is 6.07 Å². The molecule has 1 aromatic rings. The molecule has 0 amide bonds. The monoisotopic (exact) mass is 194 g/mol. The molecular weight excluding hydrogens is 184 g/mol. The van der Waals surface area contributed by atoms with Gasteiger partial charge in [-0.25, -0.2) is 0 Å². The predicted molar refractivity (Wildman–Crippen MR) is 57.5 cm³/mol. The summed E-state index contributed by atoms with van der Waals surface area (Å²) in [5, 5.41) is 17.7. The minimum atomic E-state index is 0.266. The van der Waals surface area contributed by atoms with Crippen molar-refractivity contribution in [3.8, 4) is 12.1 Å². The maximum atomic E-state index is 8.87. The van der Waals surface area contributed by atoms with Crippen LogP contribution < -0.4 is 0 Å². The van der Waals surface area contributed by atoms with Crippen LogP contribution >= 0.6 is 0 Å². The van der Waals surface area contributed by atoms with E-state index in [1.807, 2.05) is 30.3 Å². The van der Waals surface area contributed by atoms with Crippen molar-refractivity contribution < 1.29 is 0 Å². The molecule has 0 atom stereocenters. The first-order valence-corrected chi connectivity index (χ1v) is 4.98. The van der Waals surface area contributed by atoms with Crippen LogP contribution in [0.2, 0.25) is 0 Å². The second-order valence-corrected chi connectivity index (χ2v) is 3.59. The summed E-state index contributed by atoms with van der Waals surface area (Å²) < 4.78 is 0. The zero-order chi connectivity index (χ0) is 10.7. The van der Waals surface area contributed by atoms with Gasteiger partial charge in [-0.3, -0.25) is 0 Å². The smallest absolute Gasteiger partial charge is 0.133 e. The van der Waals surface area contributed by atoms with E-state index in [1.165, 1.54) is 5.56 Å². The molecule has 0 bridgehead atoms. The molecule has 2 heteroatoms. The summed E-state index contributed by atoms with van der Waals surface area (Å²) in [6, 6.07) is 12.0. The Hall–Kier alpha value is -2.06. The topological polar surface area (TPSA) is 47.6 Å². The number of aryl methyl sites for hydroxylation is 1. The lowest BCUT2D eigenvalue weighted by Crippen LogP contribution is -2.03. The molecule has 15 heavy (non-hydrogen) atoms. The van der Waals surface area contributed by atoms with Crippen LogP contribution in [0.5, 0.6) is 0 Å². The maximum Gasteiger partial charge on any atom is 0.133 e. The Kier molecular flexibility index (Phi) is 2.52. The molecular formula is C13H10N2. The fourth-order valence-electron chi connectivity index (χ4n) is 2.04. The van der Waals surface area contributed by atoms with Crippen molar-refractivity contribution in [2.24, 2.45) is 0 Å². The number of hydrogen-bond acceptors (Lipinski definition) is 2. The molecule has 0 saturated heterocycles. The van der Waals surface area contributed by atoms with Gasteiger partial charge in [0, 0.05) is 0 Å². The third-order valence-corrected chi connectivity index (χ3v) is 2.74. The van der Waals surface area contributed by atoms with E-state index in [-0.39, 0.29) is 5.57 Å². The van der Waals surface area contributed by atoms with Gasteiger partial charge in [0.25, 0.3) is 0 Å². The largest absolute Gasteiger partial charge is 0.192 e. The highest BCUT2D eigenvalue weighted by Crippen LogP contribution is 2.32. The average molecular weight is 194 g/mol. The molecule has 72 valence electrons. The summed E-state index contributed by atoms with van der Waals surface area (Å²) in [4.78, 5) is 0. The molecule has 0 heterocycles. The van der Waals surface area contributed by atoms with Gasteiger partial charge >= 0.3 is 0 Å². The summed E-state index contributed by atoms with van der Waals surface area (Å²) in [5.74, 6) is 0. The van der Waals surface area contributed by atoms with Crippen LogP contribution in [0.15, 0.2) is 29.8 Å². The van der Waals surface area contributed by atoms with Crippen LogP contribution in [-0.4, -0.2) is 0 Å². The van der Waals surface area contributed by atoms with E-state index < -0.39 is 0 Å². The Labute approximate surface area is 89.1 Å². The van der Waals surface area contributed by atoms with Crippen LogP contribution in [0.4, 0.5) is 0 Å². The molecule has 0 aromatic heterocycles. The van der Waals surface area contributed by atoms with Gasteiger partial charge in [-0.15, -0.1) is 0 Å². The molecule has 1 aliphatic rings. The van der Waals surface area contributed by atoms with Crippen LogP contribution in [0.25, 0.3) is 5.57 Å². The third kappa shape index (κ3) is 1.63. The van der Waals surface area contributed by atoms with Gasteiger partial charge in [-0.2, -0.15) is 10.5 Å². The number of benzene rings is 1. The second-order valence-electron chi connectivity index (χ2n) is 3.59. The van der Waals surface area contributed by atoms with Crippen LogP contribution in [-0.2, 0) is 6.42 Å². The molecule has 0 N–H and O–H groups in total. The average Bonchev–Trinajstić information content (AvgIpc) is 2.31. The van der Waals surface area contributed by atoms with Gasteiger partial charge < -0.3 is 0 Å². The van der Waals surface area contributed by atoms with Crippen LogP contribution in [0, 0.1) is 22.7 Å². The van der Waals surface area contributed by atoms with Gasteiger partial charge in [0.15, 0.2) is 0 Å². The Morgan fingerprint density at radius 3 is 2.53 bits per heavy atom. The van der Waals surface area contributed by atoms with Crippen molar-refractivity contribution in [1.82, 2.24) is 0 Å². The Bertz CT molecular complexity index is 482. The van der Waals surface area contributed by atoms with Gasteiger partial charge in [0.05, 0.1) is 0 Å². The molecule has 0 aliphatic heterocycles. The standard InChI is InChI=1S/C13H10N2/c14-8-11(9-15)13-7-3-5-10-4-1-2-6-12(10)13/h1-2,4,6H,3,5,7H2. The molecule has 1 aromatic carbocycles. The first kappa shape index (κ1) is 9.49. The molecule has 0 saturated carbocycles. The molecule has 2 nitrogen and oxygen atoms in total.